The summed E-state index contributed by atoms with van der Waals surface area (Å²) in [5, 5.41) is 6.41. The predicted molar refractivity (Wildman–Crippen MR) is 99.8 cm³/mol. The first-order chi connectivity index (χ1) is 11.8. The molecule has 6 nitrogen and oxygen atoms in total. The number of nitrogens with zero attached hydrogens (tertiary/aromatic N) is 1. The number of piperidine rings is 1. The van der Waals surface area contributed by atoms with Crippen LogP contribution in [0.4, 0.5) is 16.2 Å². The molecule has 6 heteroatoms. The minimum Gasteiger partial charge on any atom is -0.450 e. The molecule has 1 aliphatic heterocycles. The average molecular weight is 347 g/mol. The summed E-state index contributed by atoms with van der Waals surface area (Å²) in [6, 6.07) is 8.08. The van der Waals surface area contributed by atoms with Gasteiger partial charge in [-0.25, -0.2) is 4.79 Å². The molecule has 0 radical (unpaired) electrons. The van der Waals surface area contributed by atoms with Crippen LogP contribution in [0.3, 0.4) is 0 Å². The quantitative estimate of drug-likeness (QED) is 0.871. The van der Waals surface area contributed by atoms with Crippen LogP contribution in [0.15, 0.2) is 24.3 Å². The Morgan fingerprint density at radius 1 is 1.12 bits per heavy atom. The van der Waals surface area contributed by atoms with Gasteiger partial charge in [0, 0.05) is 35.9 Å². The van der Waals surface area contributed by atoms with Crippen LogP contribution in [0.2, 0.25) is 0 Å². The Morgan fingerprint density at radius 2 is 1.68 bits per heavy atom. The van der Waals surface area contributed by atoms with Gasteiger partial charge in [0.15, 0.2) is 0 Å². The highest BCUT2D eigenvalue weighted by Gasteiger charge is 2.23. The van der Waals surface area contributed by atoms with E-state index in [1.807, 2.05) is 52.0 Å². The van der Waals surface area contributed by atoms with Crippen LogP contribution >= 0.6 is 0 Å². The van der Waals surface area contributed by atoms with Crippen LogP contribution in [-0.4, -0.2) is 42.6 Å². The maximum Gasteiger partial charge on any atom is 0.409 e. The van der Waals surface area contributed by atoms with Gasteiger partial charge in [-0.3, -0.25) is 4.79 Å². The highest BCUT2D eigenvalue weighted by molar-refractivity contribution is 5.94. The largest absolute Gasteiger partial charge is 0.450 e. The van der Waals surface area contributed by atoms with E-state index in [0.29, 0.717) is 25.7 Å². The fourth-order valence-corrected chi connectivity index (χ4v) is 2.63. The molecule has 1 fully saturated rings. The second-order valence-electron chi connectivity index (χ2n) is 7.39. The van der Waals surface area contributed by atoms with Crippen LogP contribution in [-0.2, 0) is 9.53 Å². The van der Waals surface area contributed by atoms with Crippen molar-refractivity contribution in [1.29, 1.82) is 0 Å². The molecule has 25 heavy (non-hydrogen) atoms. The molecule has 0 aromatic heterocycles. The zero-order valence-electron chi connectivity index (χ0n) is 15.6. The third-order valence-electron chi connectivity index (χ3n) is 4.22. The SMILES string of the molecule is CCOC(=O)N1CCC(Nc2ccc(NC(=O)C(C)(C)C)cc2)CC1. The third kappa shape index (κ3) is 5.66. The van der Waals surface area contributed by atoms with Gasteiger partial charge in [0.1, 0.15) is 0 Å². The zero-order valence-corrected chi connectivity index (χ0v) is 15.6. The fraction of sp³-hybridized carbons (Fsp3) is 0.579. The molecule has 0 bridgehead atoms. The first-order valence-electron chi connectivity index (χ1n) is 8.89. The molecule has 0 unspecified atom stereocenters. The molecule has 1 saturated heterocycles. The minimum absolute atomic E-state index is 0.000420. The van der Waals surface area contributed by atoms with Gasteiger partial charge in [0.05, 0.1) is 6.61 Å². The molecular weight excluding hydrogens is 318 g/mol. The van der Waals surface area contributed by atoms with Crippen molar-refractivity contribution < 1.29 is 14.3 Å². The van der Waals surface area contributed by atoms with Crippen LogP contribution in [0.5, 0.6) is 0 Å². The second kappa shape index (κ2) is 8.23. The van der Waals surface area contributed by atoms with Gasteiger partial charge in [0.25, 0.3) is 0 Å². The summed E-state index contributed by atoms with van der Waals surface area (Å²) in [5.74, 6) is -0.000420. The van der Waals surface area contributed by atoms with Crippen molar-refractivity contribution in [3.63, 3.8) is 0 Å². The van der Waals surface area contributed by atoms with Crippen LogP contribution in [0.25, 0.3) is 0 Å². The number of nitrogens with one attached hydrogen (secondary N) is 2. The normalized spacial score (nSPS) is 15.6. The first-order valence-corrected chi connectivity index (χ1v) is 8.89. The molecule has 0 aliphatic carbocycles. The smallest absolute Gasteiger partial charge is 0.409 e. The molecule has 2 N–H and O–H groups in total. The molecule has 1 heterocycles. The van der Waals surface area contributed by atoms with Crippen molar-refractivity contribution in [2.24, 2.45) is 5.41 Å². The lowest BCUT2D eigenvalue weighted by Gasteiger charge is -2.32. The number of carbonyl (C=O) groups excluding carboxylic acids is 2. The van der Waals surface area contributed by atoms with E-state index >= 15 is 0 Å². The Hall–Kier alpha value is -2.24. The molecule has 0 atom stereocenters. The number of benzene rings is 1. The highest BCUT2D eigenvalue weighted by Crippen LogP contribution is 2.21. The number of anilines is 2. The molecule has 1 aromatic rings. The Labute approximate surface area is 149 Å². The lowest BCUT2D eigenvalue weighted by molar-refractivity contribution is -0.123. The van der Waals surface area contributed by atoms with E-state index in [1.54, 1.807) is 4.90 Å². The van der Waals surface area contributed by atoms with Crippen LogP contribution in [0, 0.1) is 5.41 Å². The molecule has 2 amide bonds. The minimum atomic E-state index is -0.413. The number of hydrogen-bond acceptors (Lipinski definition) is 4. The van der Waals surface area contributed by atoms with Crippen molar-refractivity contribution >= 4 is 23.4 Å². The van der Waals surface area contributed by atoms with Crippen molar-refractivity contribution in [3.8, 4) is 0 Å². The van der Waals surface area contributed by atoms with Gasteiger partial charge in [-0.1, -0.05) is 20.8 Å². The standard InChI is InChI=1S/C19H29N3O3/c1-5-25-18(24)22-12-10-16(11-13-22)20-14-6-8-15(9-7-14)21-17(23)19(2,3)4/h6-9,16,20H,5,10-13H2,1-4H3,(H,21,23). The lowest BCUT2D eigenvalue weighted by atomic mass is 9.95. The summed E-state index contributed by atoms with van der Waals surface area (Å²) in [4.78, 5) is 25.5. The molecule has 0 spiro atoms. The number of carbonyl (C=O) groups is 2. The van der Waals surface area contributed by atoms with Gasteiger partial charge in [0.2, 0.25) is 5.91 Å². The van der Waals surface area contributed by atoms with E-state index in [9.17, 15) is 9.59 Å². The second-order valence-corrected chi connectivity index (χ2v) is 7.39. The van der Waals surface area contributed by atoms with Crippen molar-refractivity contribution in [1.82, 2.24) is 4.90 Å². The van der Waals surface area contributed by atoms with Gasteiger partial charge in [-0.2, -0.15) is 0 Å². The van der Waals surface area contributed by atoms with E-state index in [-0.39, 0.29) is 12.0 Å². The molecular formula is C19H29N3O3. The summed E-state index contributed by atoms with van der Waals surface area (Å²) in [7, 11) is 0. The van der Waals surface area contributed by atoms with Crippen molar-refractivity contribution in [3.05, 3.63) is 24.3 Å². The maximum absolute atomic E-state index is 12.0. The summed E-state index contributed by atoms with van der Waals surface area (Å²) >= 11 is 0. The van der Waals surface area contributed by atoms with E-state index in [4.69, 9.17) is 4.74 Å². The summed E-state index contributed by atoms with van der Waals surface area (Å²) < 4.78 is 5.04. The zero-order chi connectivity index (χ0) is 18.4. The maximum atomic E-state index is 12.0. The van der Waals surface area contributed by atoms with Crippen molar-refractivity contribution in [2.45, 2.75) is 46.6 Å². The van der Waals surface area contributed by atoms with E-state index in [1.165, 1.54) is 0 Å². The van der Waals surface area contributed by atoms with Crippen LogP contribution < -0.4 is 10.6 Å². The third-order valence-corrected chi connectivity index (χ3v) is 4.22. The Bertz CT molecular complexity index is 585. The van der Waals surface area contributed by atoms with Gasteiger partial charge in [-0.05, 0) is 44.0 Å². The Balaban J connectivity index is 1.82. The van der Waals surface area contributed by atoms with E-state index < -0.39 is 5.41 Å². The summed E-state index contributed by atoms with van der Waals surface area (Å²) in [6.45, 7) is 9.31. The Morgan fingerprint density at radius 3 is 2.20 bits per heavy atom. The van der Waals surface area contributed by atoms with E-state index in [2.05, 4.69) is 10.6 Å². The number of rotatable bonds is 4. The molecule has 2 rings (SSSR count). The predicted octanol–water partition coefficient (Wildman–Crippen LogP) is 3.70. The van der Waals surface area contributed by atoms with Crippen LogP contribution in [0.1, 0.15) is 40.5 Å². The molecule has 0 saturated carbocycles. The first kappa shape index (κ1) is 19.1. The van der Waals surface area contributed by atoms with Crippen molar-refractivity contribution in [2.75, 3.05) is 30.3 Å². The molecule has 1 aromatic carbocycles. The molecule has 138 valence electrons. The number of hydrogen-bond donors (Lipinski definition) is 2. The lowest BCUT2D eigenvalue weighted by Crippen LogP contribution is -2.42. The number of ether oxygens (including phenoxy) is 1. The fourth-order valence-electron chi connectivity index (χ4n) is 2.63. The summed E-state index contributed by atoms with van der Waals surface area (Å²) in [5.41, 5.74) is 1.40. The average Bonchev–Trinajstić information content (AvgIpc) is 2.56. The monoisotopic (exact) mass is 347 g/mol. The Kier molecular flexibility index (Phi) is 6.28. The van der Waals surface area contributed by atoms with Gasteiger partial charge < -0.3 is 20.3 Å². The number of likely N-dealkylation sites (tertiary alicyclic amines) is 1. The molecule has 1 aliphatic rings. The highest BCUT2D eigenvalue weighted by atomic mass is 16.6. The topological polar surface area (TPSA) is 70.7 Å². The number of amides is 2. The summed E-state index contributed by atoms with van der Waals surface area (Å²) in [6.07, 6.45) is 1.56. The van der Waals surface area contributed by atoms with Gasteiger partial charge in [-0.15, -0.1) is 0 Å². The van der Waals surface area contributed by atoms with Gasteiger partial charge >= 0.3 is 6.09 Å². The van der Waals surface area contributed by atoms with E-state index in [0.717, 1.165) is 24.2 Å².